The van der Waals surface area contributed by atoms with E-state index in [1.54, 1.807) is 26.5 Å². The Hall–Kier alpha value is -2.80. The molecule has 20 heavy (non-hydrogen) atoms. The quantitative estimate of drug-likeness (QED) is 0.797. The average Bonchev–Trinajstić information content (AvgIpc) is 2.52. The number of benzene rings is 1. The lowest BCUT2D eigenvalue weighted by molar-refractivity contribution is 0.355. The van der Waals surface area contributed by atoms with Crippen molar-refractivity contribution in [3.05, 3.63) is 48.2 Å². The Bertz CT molecular complexity index is 672. The lowest BCUT2D eigenvalue weighted by Gasteiger charge is -2.10. The highest BCUT2D eigenvalue weighted by atomic mass is 16.5. The van der Waals surface area contributed by atoms with Crippen LogP contribution in [-0.2, 0) is 0 Å². The van der Waals surface area contributed by atoms with E-state index in [0.717, 1.165) is 16.8 Å². The fourth-order valence-corrected chi connectivity index (χ4v) is 1.90. The van der Waals surface area contributed by atoms with Crippen LogP contribution in [0, 0.1) is 11.3 Å². The van der Waals surface area contributed by atoms with E-state index in [1.165, 1.54) is 6.08 Å². The van der Waals surface area contributed by atoms with Crippen LogP contribution in [-0.4, -0.2) is 19.2 Å². The number of aromatic nitrogens is 1. The molecule has 2 rings (SSSR count). The van der Waals surface area contributed by atoms with E-state index in [-0.39, 0.29) is 0 Å². The molecule has 0 N–H and O–H groups in total. The van der Waals surface area contributed by atoms with Gasteiger partial charge in [-0.25, -0.2) is 0 Å². The van der Waals surface area contributed by atoms with Crippen molar-refractivity contribution >= 4 is 6.08 Å². The standard InChI is InChI=1S/C16H14N2O2/c1-19-14-8-7-13(11-15(14)20-2)16-12(5-3-9-17)6-4-10-18-16/h3-8,10-11H,1-2H3/b5-3-. The molecule has 0 aliphatic rings. The molecule has 1 aromatic heterocycles. The van der Waals surface area contributed by atoms with Gasteiger partial charge in [-0.15, -0.1) is 0 Å². The van der Waals surface area contributed by atoms with Gasteiger partial charge in [-0.1, -0.05) is 6.07 Å². The second-order valence-electron chi connectivity index (χ2n) is 3.97. The highest BCUT2D eigenvalue weighted by Gasteiger charge is 2.09. The van der Waals surface area contributed by atoms with Gasteiger partial charge in [0.05, 0.1) is 26.0 Å². The monoisotopic (exact) mass is 266 g/mol. The summed E-state index contributed by atoms with van der Waals surface area (Å²) in [4.78, 5) is 4.38. The Morgan fingerprint density at radius 2 is 1.95 bits per heavy atom. The third-order valence-corrected chi connectivity index (χ3v) is 2.83. The number of rotatable bonds is 4. The van der Waals surface area contributed by atoms with Gasteiger partial charge in [-0.05, 0) is 30.3 Å². The highest BCUT2D eigenvalue weighted by molar-refractivity contribution is 5.74. The van der Waals surface area contributed by atoms with Gasteiger partial charge in [-0.2, -0.15) is 5.26 Å². The third-order valence-electron chi connectivity index (χ3n) is 2.83. The summed E-state index contributed by atoms with van der Waals surface area (Å²) in [5.74, 6) is 1.31. The van der Waals surface area contributed by atoms with Crippen LogP contribution in [0.5, 0.6) is 11.5 Å². The molecule has 1 heterocycles. The number of hydrogen-bond donors (Lipinski definition) is 0. The predicted molar refractivity (Wildman–Crippen MR) is 77.4 cm³/mol. The molecule has 0 spiro atoms. The van der Waals surface area contributed by atoms with Crippen molar-refractivity contribution in [3.8, 4) is 28.8 Å². The summed E-state index contributed by atoms with van der Waals surface area (Å²) in [6.07, 6.45) is 4.88. The minimum Gasteiger partial charge on any atom is -0.493 e. The summed E-state index contributed by atoms with van der Waals surface area (Å²) in [7, 11) is 3.19. The molecule has 2 aromatic rings. The predicted octanol–water partition coefficient (Wildman–Crippen LogP) is 3.30. The maximum Gasteiger partial charge on any atom is 0.161 e. The number of allylic oxidation sites excluding steroid dienone is 1. The summed E-state index contributed by atoms with van der Waals surface area (Å²) in [5, 5.41) is 8.65. The number of ether oxygens (including phenoxy) is 2. The zero-order valence-corrected chi connectivity index (χ0v) is 11.3. The molecule has 0 saturated carbocycles. The molecule has 4 nitrogen and oxygen atoms in total. The molecule has 0 fully saturated rings. The molecule has 4 heteroatoms. The van der Waals surface area contributed by atoms with Gasteiger partial charge in [0.15, 0.2) is 11.5 Å². The van der Waals surface area contributed by atoms with Crippen molar-refractivity contribution in [2.75, 3.05) is 14.2 Å². The first-order valence-corrected chi connectivity index (χ1v) is 6.03. The number of nitriles is 1. The molecule has 0 aliphatic heterocycles. The SMILES string of the molecule is COc1ccc(-c2ncccc2/C=C\C#N)cc1OC. The Balaban J connectivity index is 2.52. The third kappa shape index (κ3) is 2.78. The van der Waals surface area contributed by atoms with Gasteiger partial charge < -0.3 is 9.47 Å². The van der Waals surface area contributed by atoms with E-state index in [9.17, 15) is 0 Å². The topological polar surface area (TPSA) is 55.1 Å². The van der Waals surface area contributed by atoms with E-state index in [2.05, 4.69) is 4.98 Å². The van der Waals surface area contributed by atoms with Crippen molar-refractivity contribution in [3.63, 3.8) is 0 Å². The molecule has 0 aliphatic carbocycles. The van der Waals surface area contributed by atoms with Crippen LogP contribution in [0.4, 0.5) is 0 Å². The molecule has 0 unspecified atom stereocenters. The maximum atomic E-state index is 8.65. The van der Waals surface area contributed by atoms with Gasteiger partial charge in [0.1, 0.15) is 0 Å². The Labute approximate surface area is 117 Å². The fraction of sp³-hybridized carbons (Fsp3) is 0.125. The maximum absolute atomic E-state index is 8.65. The van der Waals surface area contributed by atoms with Gasteiger partial charge in [-0.3, -0.25) is 4.98 Å². The molecular formula is C16H14N2O2. The van der Waals surface area contributed by atoms with Gasteiger partial charge in [0.2, 0.25) is 0 Å². The van der Waals surface area contributed by atoms with E-state index in [1.807, 2.05) is 36.4 Å². The fourth-order valence-electron chi connectivity index (χ4n) is 1.90. The van der Waals surface area contributed by atoms with Crippen LogP contribution in [0.2, 0.25) is 0 Å². The minimum atomic E-state index is 0.644. The Kier molecular flexibility index (Phi) is 4.35. The lowest BCUT2D eigenvalue weighted by Crippen LogP contribution is -1.93. The van der Waals surface area contributed by atoms with Crippen LogP contribution < -0.4 is 9.47 Å². The van der Waals surface area contributed by atoms with Gasteiger partial charge >= 0.3 is 0 Å². The van der Waals surface area contributed by atoms with Crippen LogP contribution in [0.15, 0.2) is 42.6 Å². The van der Waals surface area contributed by atoms with Crippen LogP contribution in [0.3, 0.4) is 0 Å². The van der Waals surface area contributed by atoms with E-state index in [0.29, 0.717) is 11.5 Å². The normalized spacial score (nSPS) is 10.2. The molecule has 0 radical (unpaired) electrons. The summed E-state index contributed by atoms with van der Waals surface area (Å²) >= 11 is 0. The number of nitrogens with zero attached hydrogens (tertiary/aromatic N) is 2. The highest BCUT2D eigenvalue weighted by Crippen LogP contribution is 2.32. The molecule has 0 atom stereocenters. The summed E-state index contributed by atoms with van der Waals surface area (Å²) < 4.78 is 10.5. The molecule has 1 aromatic carbocycles. The minimum absolute atomic E-state index is 0.644. The zero-order valence-electron chi connectivity index (χ0n) is 11.3. The average molecular weight is 266 g/mol. The lowest BCUT2D eigenvalue weighted by atomic mass is 10.0. The summed E-state index contributed by atoms with van der Waals surface area (Å²) in [5.41, 5.74) is 2.57. The second kappa shape index (κ2) is 6.39. The van der Waals surface area contributed by atoms with Crippen LogP contribution in [0.25, 0.3) is 17.3 Å². The summed E-state index contributed by atoms with van der Waals surface area (Å²) in [6.45, 7) is 0. The van der Waals surface area contributed by atoms with Crippen molar-refractivity contribution < 1.29 is 9.47 Å². The summed E-state index contributed by atoms with van der Waals surface area (Å²) in [6, 6.07) is 11.3. The van der Waals surface area contributed by atoms with Crippen molar-refractivity contribution in [2.24, 2.45) is 0 Å². The molecule has 0 amide bonds. The van der Waals surface area contributed by atoms with Crippen molar-refractivity contribution in [1.82, 2.24) is 4.98 Å². The molecule has 0 bridgehead atoms. The second-order valence-corrected chi connectivity index (χ2v) is 3.97. The Morgan fingerprint density at radius 3 is 2.65 bits per heavy atom. The van der Waals surface area contributed by atoms with E-state index >= 15 is 0 Å². The Morgan fingerprint density at radius 1 is 1.15 bits per heavy atom. The first-order valence-electron chi connectivity index (χ1n) is 6.03. The number of methoxy groups -OCH3 is 2. The molecule has 0 saturated heterocycles. The smallest absolute Gasteiger partial charge is 0.161 e. The largest absolute Gasteiger partial charge is 0.493 e. The number of pyridine rings is 1. The van der Waals surface area contributed by atoms with Crippen LogP contribution in [0.1, 0.15) is 5.56 Å². The molecular weight excluding hydrogens is 252 g/mol. The zero-order chi connectivity index (χ0) is 14.4. The van der Waals surface area contributed by atoms with E-state index in [4.69, 9.17) is 14.7 Å². The van der Waals surface area contributed by atoms with Gasteiger partial charge in [0.25, 0.3) is 0 Å². The van der Waals surface area contributed by atoms with E-state index < -0.39 is 0 Å². The number of hydrogen-bond acceptors (Lipinski definition) is 4. The van der Waals surface area contributed by atoms with Crippen molar-refractivity contribution in [2.45, 2.75) is 0 Å². The first kappa shape index (κ1) is 13.6. The first-order chi connectivity index (χ1) is 9.80. The van der Waals surface area contributed by atoms with Gasteiger partial charge in [0, 0.05) is 23.4 Å². The van der Waals surface area contributed by atoms with Crippen molar-refractivity contribution in [1.29, 1.82) is 5.26 Å². The molecule has 100 valence electrons. The van der Waals surface area contributed by atoms with Crippen LogP contribution >= 0.6 is 0 Å².